The van der Waals surface area contributed by atoms with E-state index in [9.17, 15) is 0 Å². The van der Waals surface area contributed by atoms with Gasteiger partial charge in [-0.25, -0.2) is 4.98 Å². The van der Waals surface area contributed by atoms with Crippen LogP contribution in [0.25, 0.3) is 0 Å². The van der Waals surface area contributed by atoms with Crippen molar-refractivity contribution in [2.24, 2.45) is 5.92 Å². The minimum Gasteiger partial charge on any atom is -0.357 e. The molecule has 114 valence electrons. The Morgan fingerprint density at radius 1 is 1.30 bits per heavy atom. The maximum absolute atomic E-state index is 6.24. The average molecular weight is 298 g/mol. The van der Waals surface area contributed by atoms with Gasteiger partial charge in [-0.1, -0.05) is 38.8 Å². The minimum atomic E-state index is 0.633. The summed E-state index contributed by atoms with van der Waals surface area (Å²) < 4.78 is 0. The van der Waals surface area contributed by atoms with Gasteiger partial charge in [0, 0.05) is 19.6 Å². The summed E-state index contributed by atoms with van der Waals surface area (Å²) in [7, 11) is 0. The first-order valence-corrected chi connectivity index (χ1v) is 8.07. The Morgan fingerprint density at radius 3 is 2.65 bits per heavy atom. The van der Waals surface area contributed by atoms with Crippen molar-refractivity contribution >= 4 is 17.4 Å². The fourth-order valence-electron chi connectivity index (χ4n) is 2.04. The van der Waals surface area contributed by atoms with Crippen molar-refractivity contribution in [3.63, 3.8) is 0 Å². The Hall–Kier alpha value is -0.800. The van der Waals surface area contributed by atoms with Crippen molar-refractivity contribution in [3.05, 3.63) is 22.8 Å². The third kappa shape index (κ3) is 5.68. The molecule has 0 aliphatic rings. The molecule has 3 nitrogen and oxygen atoms in total. The number of anilines is 1. The van der Waals surface area contributed by atoms with Crippen LogP contribution >= 0.6 is 11.6 Å². The van der Waals surface area contributed by atoms with Crippen molar-refractivity contribution in [3.8, 4) is 0 Å². The average Bonchev–Trinajstić information content (AvgIpc) is 2.42. The van der Waals surface area contributed by atoms with E-state index in [0.717, 1.165) is 42.7 Å². The van der Waals surface area contributed by atoms with Gasteiger partial charge in [-0.2, -0.15) is 0 Å². The maximum atomic E-state index is 6.24. The van der Waals surface area contributed by atoms with Crippen LogP contribution in [-0.4, -0.2) is 24.6 Å². The standard InChI is InChI=1S/C16H28ClN3/c1-5-7-10-20(6-2)16-9-8-14(17)15(19-16)12-18-11-13(3)4/h8-9,13,18H,5-7,10-12H2,1-4H3. The zero-order chi connectivity index (χ0) is 15.0. The molecule has 0 aliphatic heterocycles. The molecule has 1 aromatic rings. The number of hydrogen-bond acceptors (Lipinski definition) is 3. The van der Waals surface area contributed by atoms with Gasteiger partial charge in [-0.05, 0) is 37.9 Å². The number of aromatic nitrogens is 1. The highest BCUT2D eigenvalue weighted by molar-refractivity contribution is 6.31. The van der Waals surface area contributed by atoms with E-state index in [-0.39, 0.29) is 0 Å². The van der Waals surface area contributed by atoms with Crippen molar-refractivity contribution < 1.29 is 0 Å². The highest BCUT2D eigenvalue weighted by atomic mass is 35.5. The van der Waals surface area contributed by atoms with Gasteiger partial charge < -0.3 is 10.2 Å². The molecule has 1 N–H and O–H groups in total. The lowest BCUT2D eigenvalue weighted by Crippen LogP contribution is -2.26. The molecule has 0 saturated carbocycles. The predicted octanol–water partition coefficient (Wildman–Crippen LogP) is 4.11. The summed E-state index contributed by atoms with van der Waals surface area (Å²) in [6.07, 6.45) is 2.39. The first kappa shape index (κ1) is 17.3. The Morgan fingerprint density at radius 2 is 2.05 bits per heavy atom. The van der Waals surface area contributed by atoms with Gasteiger partial charge in [0.2, 0.25) is 0 Å². The molecule has 0 aromatic carbocycles. The summed E-state index contributed by atoms with van der Waals surface area (Å²) in [5.74, 6) is 1.67. The largest absolute Gasteiger partial charge is 0.357 e. The first-order valence-electron chi connectivity index (χ1n) is 7.69. The lowest BCUT2D eigenvalue weighted by molar-refractivity contribution is 0.548. The molecule has 0 saturated heterocycles. The summed E-state index contributed by atoms with van der Waals surface area (Å²) in [6.45, 7) is 12.5. The van der Waals surface area contributed by atoms with E-state index in [1.165, 1.54) is 12.8 Å². The molecular weight excluding hydrogens is 270 g/mol. The fraction of sp³-hybridized carbons (Fsp3) is 0.688. The summed E-state index contributed by atoms with van der Waals surface area (Å²) in [5, 5.41) is 4.15. The number of unbranched alkanes of at least 4 members (excludes halogenated alkanes) is 1. The third-order valence-corrected chi connectivity index (χ3v) is 3.58. The quantitative estimate of drug-likeness (QED) is 0.743. The first-order chi connectivity index (χ1) is 9.58. The second kappa shape index (κ2) is 9.19. The highest BCUT2D eigenvalue weighted by Crippen LogP contribution is 2.19. The van der Waals surface area contributed by atoms with Crippen LogP contribution in [0.1, 0.15) is 46.2 Å². The smallest absolute Gasteiger partial charge is 0.128 e. The van der Waals surface area contributed by atoms with E-state index in [1.807, 2.05) is 12.1 Å². The van der Waals surface area contributed by atoms with Crippen molar-refractivity contribution in [1.29, 1.82) is 0 Å². The van der Waals surface area contributed by atoms with Gasteiger partial charge in [0.05, 0.1) is 10.7 Å². The molecule has 4 heteroatoms. The molecule has 0 aliphatic carbocycles. The van der Waals surface area contributed by atoms with Crippen LogP contribution in [0.15, 0.2) is 12.1 Å². The van der Waals surface area contributed by atoms with E-state index in [1.54, 1.807) is 0 Å². The van der Waals surface area contributed by atoms with E-state index >= 15 is 0 Å². The number of nitrogens with zero attached hydrogens (tertiary/aromatic N) is 2. The molecule has 20 heavy (non-hydrogen) atoms. The molecule has 0 unspecified atom stereocenters. The van der Waals surface area contributed by atoms with E-state index < -0.39 is 0 Å². The van der Waals surface area contributed by atoms with Crippen LogP contribution < -0.4 is 10.2 Å². The van der Waals surface area contributed by atoms with Crippen LogP contribution in [-0.2, 0) is 6.54 Å². The zero-order valence-electron chi connectivity index (χ0n) is 13.2. The van der Waals surface area contributed by atoms with Crippen LogP contribution in [0.3, 0.4) is 0 Å². The van der Waals surface area contributed by atoms with E-state index in [2.05, 4.69) is 37.9 Å². The maximum Gasteiger partial charge on any atom is 0.128 e. The van der Waals surface area contributed by atoms with Gasteiger partial charge in [0.25, 0.3) is 0 Å². The molecule has 1 rings (SSSR count). The monoisotopic (exact) mass is 297 g/mol. The second-order valence-electron chi connectivity index (χ2n) is 5.56. The molecule has 1 aromatic heterocycles. The predicted molar refractivity (Wildman–Crippen MR) is 88.6 cm³/mol. The molecule has 0 fully saturated rings. The van der Waals surface area contributed by atoms with Crippen molar-refractivity contribution in [2.45, 2.75) is 47.1 Å². The number of pyridine rings is 1. The molecule has 0 spiro atoms. The molecule has 0 bridgehead atoms. The van der Waals surface area contributed by atoms with Gasteiger partial charge in [0.15, 0.2) is 0 Å². The third-order valence-electron chi connectivity index (χ3n) is 3.24. The lowest BCUT2D eigenvalue weighted by Gasteiger charge is -2.22. The SMILES string of the molecule is CCCCN(CC)c1ccc(Cl)c(CNCC(C)C)n1. The van der Waals surface area contributed by atoms with Crippen LogP contribution in [0.5, 0.6) is 0 Å². The van der Waals surface area contributed by atoms with Crippen LogP contribution in [0.2, 0.25) is 5.02 Å². The normalized spacial score (nSPS) is 11.1. The molecule has 0 atom stereocenters. The Kier molecular flexibility index (Phi) is 7.93. The fourth-order valence-corrected chi connectivity index (χ4v) is 2.21. The van der Waals surface area contributed by atoms with Crippen molar-refractivity contribution in [1.82, 2.24) is 10.3 Å². The van der Waals surface area contributed by atoms with E-state index in [0.29, 0.717) is 5.92 Å². The Labute approximate surface area is 128 Å². The number of hydrogen-bond donors (Lipinski definition) is 1. The number of halogens is 1. The molecule has 0 radical (unpaired) electrons. The minimum absolute atomic E-state index is 0.633. The number of rotatable bonds is 9. The summed E-state index contributed by atoms with van der Waals surface area (Å²) in [6, 6.07) is 3.98. The number of nitrogens with one attached hydrogen (secondary N) is 1. The summed E-state index contributed by atoms with van der Waals surface area (Å²) in [5.41, 5.74) is 0.944. The topological polar surface area (TPSA) is 28.2 Å². The molecule has 1 heterocycles. The second-order valence-corrected chi connectivity index (χ2v) is 5.96. The van der Waals surface area contributed by atoms with Crippen molar-refractivity contribution in [2.75, 3.05) is 24.5 Å². The Bertz CT molecular complexity index is 393. The van der Waals surface area contributed by atoms with Crippen LogP contribution in [0, 0.1) is 5.92 Å². The molecular formula is C16H28ClN3. The highest BCUT2D eigenvalue weighted by Gasteiger charge is 2.09. The van der Waals surface area contributed by atoms with Gasteiger partial charge >= 0.3 is 0 Å². The Balaban J connectivity index is 2.73. The van der Waals surface area contributed by atoms with Gasteiger partial charge in [-0.3, -0.25) is 0 Å². The molecule has 0 amide bonds. The lowest BCUT2D eigenvalue weighted by atomic mass is 10.2. The summed E-state index contributed by atoms with van der Waals surface area (Å²) in [4.78, 5) is 7.04. The van der Waals surface area contributed by atoms with Gasteiger partial charge in [-0.15, -0.1) is 0 Å². The zero-order valence-corrected chi connectivity index (χ0v) is 14.0. The summed E-state index contributed by atoms with van der Waals surface area (Å²) >= 11 is 6.24. The van der Waals surface area contributed by atoms with Crippen LogP contribution in [0.4, 0.5) is 5.82 Å². The van der Waals surface area contributed by atoms with Gasteiger partial charge in [0.1, 0.15) is 5.82 Å². The van der Waals surface area contributed by atoms with E-state index in [4.69, 9.17) is 16.6 Å².